The maximum absolute atomic E-state index is 5.10. The van der Waals surface area contributed by atoms with E-state index >= 15 is 0 Å². The Balaban J connectivity index is 2.61. The Morgan fingerprint density at radius 2 is 1.73 bits per heavy atom. The van der Waals surface area contributed by atoms with E-state index in [1.807, 2.05) is 12.1 Å². The Morgan fingerprint density at radius 3 is 2.20 bits per heavy atom. The van der Waals surface area contributed by atoms with Crippen LogP contribution in [0.1, 0.15) is 32.3 Å². The summed E-state index contributed by atoms with van der Waals surface area (Å²) >= 11 is 0. The maximum Gasteiger partial charge on any atom is 0.118 e. The molecule has 0 aliphatic rings. The molecule has 0 atom stereocenters. The van der Waals surface area contributed by atoms with Crippen molar-refractivity contribution in [3.8, 4) is 5.75 Å². The lowest BCUT2D eigenvalue weighted by Crippen LogP contribution is -1.94. The molecule has 0 spiro atoms. The number of hydrogen-bond donors (Lipinski definition) is 0. The van der Waals surface area contributed by atoms with Gasteiger partial charge in [-0.15, -0.1) is 0 Å². The summed E-state index contributed by atoms with van der Waals surface area (Å²) in [6, 6.07) is 8.07. The van der Waals surface area contributed by atoms with Gasteiger partial charge in [0.2, 0.25) is 0 Å². The van der Waals surface area contributed by atoms with Gasteiger partial charge in [-0.25, -0.2) is 0 Å². The molecule has 82 valence electrons. The molecule has 0 fully saturated rings. The van der Waals surface area contributed by atoms with Crippen LogP contribution in [-0.2, 0) is 6.54 Å². The summed E-state index contributed by atoms with van der Waals surface area (Å²) < 4.78 is 5.10. The number of hydrogen-bond acceptors (Lipinski definition) is 2. The quantitative estimate of drug-likeness (QED) is 0.675. The van der Waals surface area contributed by atoms with Gasteiger partial charge in [-0.1, -0.05) is 26.0 Å². The number of rotatable bonds is 5. The van der Waals surface area contributed by atoms with Crippen molar-refractivity contribution in [1.82, 2.24) is 0 Å². The summed E-state index contributed by atoms with van der Waals surface area (Å²) in [7, 11) is 1.68. The smallest absolute Gasteiger partial charge is 0.118 e. The van der Waals surface area contributed by atoms with E-state index < -0.39 is 0 Å². The lowest BCUT2D eigenvalue weighted by atomic mass is 10.2. The maximum atomic E-state index is 5.10. The summed E-state index contributed by atoms with van der Waals surface area (Å²) in [5.74, 6) is 0.897. The number of ether oxygens (including phenoxy) is 1. The average molecular weight is 205 g/mol. The first-order chi connectivity index (χ1) is 7.30. The van der Waals surface area contributed by atoms with E-state index in [-0.39, 0.29) is 0 Å². The SMILES string of the molecule is CCC(CC)=NCc1ccc(OC)cc1. The van der Waals surface area contributed by atoms with Crippen molar-refractivity contribution >= 4 is 5.71 Å². The summed E-state index contributed by atoms with van der Waals surface area (Å²) in [6.45, 7) is 5.08. The topological polar surface area (TPSA) is 21.6 Å². The van der Waals surface area contributed by atoms with Crippen LogP contribution in [0.3, 0.4) is 0 Å². The fourth-order valence-corrected chi connectivity index (χ4v) is 1.41. The minimum atomic E-state index is 0.779. The van der Waals surface area contributed by atoms with Gasteiger partial charge in [-0.3, -0.25) is 4.99 Å². The van der Waals surface area contributed by atoms with E-state index in [4.69, 9.17) is 4.74 Å². The van der Waals surface area contributed by atoms with Gasteiger partial charge < -0.3 is 4.74 Å². The predicted octanol–water partition coefficient (Wildman–Crippen LogP) is 3.46. The van der Waals surface area contributed by atoms with Crippen LogP contribution in [-0.4, -0.2) is 12.8 Å². The van der Waals surface area contributed by atoms with Crippen LogP contribution in [0.4, 0.5) is 0 Å². The van der Waals surface area contributed by atoms with Crippen LogP contribution < -0.4 is 4.74 Å². The van der Waals surface area contributed by atoms with Crippen molar-refractivity contribution in [2.75, 3.05) is 7.11 Å². The van der Waals surface area contributed by atoms with E-state index in [2.05, 4.69) is 31.0 Å². The summed E-state index contributed by atoms with van der Waals surface area (Å²) in [6.07, 6.45) is 2.10. The highest BCUT2D eigenvalue weighted by atomic mass is 16.5. The molecule has 0 amide bonds. The Morgan fingerprint density at radius 1 is 1.13 bits per heavy atom. The van der Waals surface area contributed by atoms with Gasteiger partial charge in [-0.2, -0.15) is 0 Å². The van der Waals surface area contributed by atoms with E-state index in [0.717, 1.165) is 25.1 Å². The molecule has 0 heterocycles. The van der Waals surface area contributed by atoms with E-state index in [1.165, 1.54) is 11.3 Å². The first kappa shape index (κ1) is 11.8. The van der Waals surface area contributed by atoms with Crippen LogP contribution in [0.25, 0.3) is 0 Å². The lowest BCUT2D eigenvalue weighted by molar-refractivity contribution is 0.414. The molecule has 0 radical (unpaired) electrons. The van der Waals surface area contributed by atoms with Crippen LogP contribution in [0.15, 0.2) is 29.3 Å². The van der Waals surface area contributed by atoms with Gasteiger partial charge in [0.15, 0.2) is 0 Å². The fraction of sp³-hybridized carbons (Fsp3) is 0.462. The molecule has 2 nitrogen and oxygen atoms in total. The zero-order valence-electron chi connectivity index (χ0n) is 9.79. The predicted molar refractivity (Wildman–Crippen MR) is 64.7 cm³/mol. The first-order valence-electron chi connectivity index (χ1n) is 5.45. The monoisotopic (exact) mass is 205 g/mol. The van der Waals surface area contributed by atoms with Crippen LogP contribution in [0, 0.1) is 0 Å². The van der Waals surface area contributed by atoms with E-state index in [9.17, 15) is 0 Å². The van der Waals surface area contributed by atoms with Gasteiger partial charge >= 0.3 is 0 Å². The minimum Gasteiger partial charge on any atom is -0.497 e. The largest absolute Gasteiger partial charge is 0.497 e. The average Bonchev–Trinajstić information content (AvgIpc) is 2.31. The molecule has 15 heavy (non-hydrogen) atoms. The number of methoxy groups -OCH3 is 1. The van der Waals surface area contributed by atoms with Crippen LogP contribution in [0.5, 0.6) is 5.75 Å². The lowest BCUT2D eigenvalue weighted by Gasteiger charge is -2.02. The third-order valence-corrected chi connectivity index (χ3v) is 2.46. The second kappa shape index (κ2) is 6.23. The van der Waals surface area contributed by atoms with Gasteiger partial charge in [0.1, 0.15) is 5.75 Å². The van der Waals surface area contributed by atoms with Gasteiger partial charge in [-0.05, 0) is 30.5 Å². The minimum absolute atomic E-state index is 0.779. The van der Waals surface area contributed by atoms with Crippen molar-refractivity contribution in [2.24, 2.45) is 4.99 Å². The van der Waals surface area contributed by atoms with E-state index in [0.29, 0.717) is 0 Å². The summed E-state index contributed by atoms with van der Waals surface area (Å²) in [5.41, 5.74) is 2.51. The number of aliphatic imine (C=N–C) groups is 1. The van der Waals surface area contributed by atoms with Gasteiger partial charge in [0, 0.05) is 5.71 Å². The summed E-state index contributed by atoms with van der Waals surface area (Å²) in [4.78, 5) is 4.56. The molecular weight excluding hydrogens is 186 g/mol. The molecule has 0 aromatic heterocycles. The molecule has 1 aromatic carbocycles. The van der Waals surface area contributed by atoms with Crippen molar-refractivity contribution < 1.29 is 4.74 Å². The molecule has 0 saturated heterocycles. The molecule has 0 aliphatic carbocycles. The van der Waals surface area contributed by atoms with Crippen LogP contribution >= 0.6 is 0 Å². The first-order valence-corrected chi connectivity index (χ1v) is 5.45. The highest BCUT2D eigenvalue weighted by Crippen LogP contribution is 2.12. The molecule has 0 saturated carbocycles. The second-order valence-corrected chi connectivity index (χ2v) is 3.44. The normalized spacial score (nSPS) is 9.80. The molecule has 1 aromatic rings. The van der Waals surface area contributed by atoms with Crippen molar-refractivity contribution in [3.05, 3.63) is 29.8 Å². The molecule has 0 bridgehead atoms. The molecular formula is C13H19NO. The Kier molecular flexibility index (Phi) is 4.88. The van der Waals surface area contributed by atoms with Crippen molar-refractivity contribution in [3.63, 3.8) is 0 Å². The molecule has 0 N–H and O–H groups in total. The van der Waals surface area contributed by atoms with Crippen molar-refractivity contribution in [1.29, 1.82) is 0 Å². The molecule has 0 unspecified atom stereocenters. The highest BCUT2D eigenvalue weighted by Gasteiger charge is 1.94. The molecule has 1 rings (SSSR count). The van der Waals surface area contributed by atoms with E-state index in [1.54, 1.807) is 7.11 Å². The Labute approximate surface area is 92.0 Å². The Bertz CT molecular complexity index is 308. The Hall–Kier alpha value is -1.31. The third-order valence-electron chi connectivity index (χ3n) is 2.46. The highest BCUT2D eigenvalue weighted by molar-refractivity contribution is 5.83. The number of nitrogens with zero attached hydrogens (tertiary/aromatic N) is 1. The van der Waals surface area contributed by atoms with Gasteiger partial charge in [0.25, 0.3) is 0 Å². The standard InChI is InChI=1S/C13H19NO/c1-4-12(5-2)14-10-11-6-8-13(15-3)9-7-11/h6-9H,4-5,10H2,1-3H3. The second-order valence-electron chi connectivity index (χ2n) is 3.44. The molecule has 0 aliphatic heterocycles. The molecule has 2 heteroatoms. The van der Waals surface area contributed by atoms with Gasteiger partial charge in [0.05, 0.1) is 13.7 Å². The fourth-order valence-electron chi connectivity index (χ4n) is 1.41. The number of benzene rings is 1. The third kappa shape index (κ3) is 3.74. The van der Waals surface area contributed by atoms with Crippen LogP contribution in [0.2, 0.25) is 0 Å². The zero-order valence-corrected chi connectivity index (χ0v) is 9.79. The zero-order chi connectivity index (χ0) is 11.1. The van der Waals surface area contributed by atoms with Crippen molar-refractivity contribution in [2.45, 2.75) is 33.2 Å². The summed E-state index contributed by atoms with van der Waals surface area (Å²) in [5, 5.41) is 0.